The highest BCUT2D eigenvalue weighted by atomic mass is 16.2. The van der Waals surface area contributed by atoms with Gasteiger partial charge < -0.3 is 0 Å². The topological polar surface area (TPSA) is 43.9 Å². The lowest BCUT2D eigenvalue weighted by Gasteiger charge is -2.36. The minimum atomic E-state index is -0.329. The molecule has 5 heteroatoms. The summed E-state index contributed by atoms with van der Waals surface area (Å²) in [5, 5.41) is 0. The van der Waals surface area contributed by atoms with Crippen molar-refractivity contribution in [2.75, 3.05) is 37.6 Å². The summed E-state index contributed by atoms with van der Waals surface area (Å²) in [6.07, 6.45) is 4.61. The van der Waals surface area contributed by atoms with Crippen molar-refractivity contribution in [3.63, 3.8) is 0 Å². The zero-order valence-electron chi connectivity index (χ0n) is 16.8. The van der Waals surface area contributed by atoms with Gasteiger partial charge in [0.1, 0.15) is 0 Å². The third-order valence-electron chi connectivity index (χ3n) is 5.70. The lowest BCUT2D eigenvalue weighted by Crippen LogP contribution is -2.52. The smallest absolute Gasteiger partial charge is 0.251 e. The summed E-state index contributed by atoms with van der Waals surface area (Å²) < 4.78 is 0. The van der Waals surface area contributed by atoms with E-state index in [1.165, 1.54) is 10.5 Å². The average Bonchev–Trinajstić information content (AvgIpc) is 3.03. The van der Waals surface area contributed by atoms with Crippen molar-refractivity contribution < 1.29 is 9.59 Å². The van der Waals surface area contributed by atoms with E-state index < -0.39 is 0 Å². The molecule has 150 valence electrons. The largest absolute Gasteiger partial charge is 0.297 e. The molecule has 0 unspecified atom stereocenters. The van der Waals surface area contributed by atoms with E-state index in [0.717, 1.165) is 38.3 Å². The molecule has 0 N–H and O–H groups in total. The predicted octanol–water partition coefficient (Wildman–Crippen LogP) is 2.96. The van der Waals surface area contributed by atoms with Gasteiger partial charge in [0.2, 0.25) is 5.91 Å². The van der Waals surface area contributed by atoms with Gasteiger partial charge in [-0.3, -0.25) is 19.4 Å². The maximum Gasteiger partial charge on any atom is 0.251 e. The maximum atomic E-state index is 13.0. The highest BCUT2D eigenvalue weighted by Crippen LogP contribution is 2.26. The van der Waals surface area contributed by atoms with Crippen molar-refractivity contribution in [2.24, 2.45) is 0 Å². The van der Waals surface area contributed by atoms with Gasteiger partial charge in [0, 0.05) is 32.7 Å². The summed E-state index contributed by atoms with van der Waals surface area (Å²) in [5.74, 6) is -0.183. The van der Waals surface area contributed by atoms with Gasteiger partial charge in [-0.2, -0.15) is 0 Å². The summed E-state index contributed by atoms with van der Waals surface area (Å²) in [4.78, 5) is 31.5. The number of benzene rings is 2. The van der Waals surface area contributed by atoms with Crippen LogP contribution in [0.4, 0.5) is 5.69 Å². The molecule has 1 atom stereocenters. The number of nitrogens with zero attached hydrogens (tertiary/aromatic N) is 3. The third kappa shape index (κ3) is 4.47. The van der Waals surface area contributed by atoms with Gasteiger partial charge in [0.05, 0.1) is 18.2 Å². The van der Waals surface area contributed by atoms with Crippen molar-refractivity contribution in [2.45, 2.75) is 19.4 Å². The van der Waals surface area contributed by atoms with Crippen molar-refractivity contribution >= 4 is 23.6 Å². The highest BCUT2D eigenvalue weighted by molar-refractivity contribution is 6.22. The Morgan fingerprint density at radius 2 is 1.72 bits per heavy atom. The van der Waals surface area contributed by atoms with Crippen molar-refractivity contribution in [3.05, 3.63) is 71.8 Å². The van der Waals surface area contributed by atoms with Crippen LogP contribution in [0.25, 0.3) is 6.08 Å². The standard InChI is InChI=1S/C24H27N3O2/c1-19-7-5-11-21(17-19)27-23(28)18-22(24(27)29)26-15-13-25(14-16-26)12-6-10-20-8-3-2-4-9-20/h2-11,17,22H,12-16,18H2,1H3/b10-6+/t22-/m1/s1. The van der Waals surface area contributed by atoms with Crippen LogP contribution in [0, 0.1) is 6.92 Å². The molecule has 0 saturated carbocycles. The second-order valence-electron chi connectivity index (χ2n) is 7.78. The fraction of sp³-hybridized carbons (Fsp3) is 0.333. The number of imide groups is 1. The van der Waals surface area contributed by atoms with E-state index in [9.17, 15) is 9.59 Å². The molecule has 0 bridgehead atoms. The minimum Gasteiger partial charge on any atom is -0.297 e. The van der Waals surface area contributed by atoms with Crippen LogP contribution >= 0.6 is 0 Å². The zero-order valence-corrected chi connectivity index (χ0v) is 16.8. The molecule has 2 heterocycles. The molecule has 2 aliphatic heterocycles. The molecule has 4 rings (SSSR count). The van der Waals surface area contributed by atoms with Crippen LogP contribution in [-0.4, -0.2) is 60.4 Å². The molecule has 2 amide bonds. The lowest BCUT2D eigenvalue weighted by atomic mass is 10.1. The average molecular weight is 389 g/mol. The van der Waals surface area contributed by atoms with Crippen LogP contribution < -0.4 is 4.90 Å². The number of hydrogen-bond donors (Lipinski definition) is 0. The number of rotatable bonds is 5. The normalized spacial score (nSPS) is 21.4. The molecule has 2 fully saturated rings. The van der Waals surface area contributed by atoms with E-state index in [4.69, 9.17) is 0 Å². The van der Waals surface area contributed by atoms with Crippen molar-refractivity contribution in [1.82, 2.24) is 9.80 Å². The SMILES string of the molecule is Cc1cccc(N2C(=O)C[C@@H](N3CCN(C/C=C/c4ccccc4)CC3)C2=O)c1. The molecular formula is C24H27N3O2. The van der Waals surface area contributed by atoms with Crippen LogP contribution in [0.15, 0.2) is 60.7 Å². The Kier molecular flexibility index (Phi) is 5.88. The third-order valence-corrected chi connectivity index (χ3v) is 5.70. The van der Waals surface area contributed by atoms with Gasteiger partial charge in [0.15, 0.2) is 0 Å². The van der Waals surface area contributed by atoms with E-state index >= 15 is 0 Å². The van der Waals surface area contributed by atoms with Crippen molar-refractivity contribution in [1.29, 1.82) is 0 Å². The first-order valence-corrected chi connectivity index (χ1v) is 10.2. The Morgan fingerprint density at radius 3 is 2.45 bits per heavy atom. The molecule has 2 aliphatic rings. The minimum absolute atomic E-state index is 0.0852. The van der Waals surface area contributed by atoms with E-state index in [0.29, 0.717) is 5.69 Å². The Bertz CT molecular complexity index is 901. The van der Waals surface area contributed by atoms with Gasteiger partial charge in [0.25, 0.3) is 5.91 Å². The molecule has 29 heavy (non-hydrogen) atoms. The monoisotopic (exact) mass is 389 g/mol. The van der Waals surface area contributed by atoms with Crippen LogP contribution in [0.3, 0.4) is 0 Å². The predicted molar refractivity (Wildman–Crippen MR) is 116 cm³/mol. The quantitative estimate of drug-likeness (QED) is 0.738. The molecule has 5 nitrogen and oxygen atoms in total. The van der Waals surface area contributed by atoms with E-state index in [2.05, 4.69) is 34.1 Å². The van der Waals surface area contributed by atoms with E-state index in [1.54, 1.807) is 0 Å². The second-order valence-corrected chi connectivity index (χ2v) is 7.78. The van der Waals surface area contributed by atoms with Crippen LogP contribution in [0.5, 0.6) is 0 Å². The Hall–Kier alpha value is -2.76. The highest BCUT2D eigenvalue weighted by Gasteiger charge is 2.43. The Morgan fingerprint density at radius 1 is 0.966 bits per heavy atom. The summed E-state index contributed by atoms with van der Waals surface area (Å²) in [5.41, 5.74) is 2.94. The molecule has 0 radical (unpaired) electrons. The maximum absolute atomic E-state index is 13.0. The molecule has 2 aromatic carbocycles. The molecule has 2 saturated heterocycles. The number of carbonyl (C=O) groups excluding carboxylic acids is 2. The van der Waals surface area contributed by atoms with Crippen LogP contribution in [0.1, 0.15) is 17.5 Å². The first kappa shape index (κ1) is 19.6. The Balaban J connectivity index is 1.32. The molecule has 2 aromatic rings. The second kappa shape index (κ2) is 8.72. The fourth-order valence-electron chi connectivity index (χ4n) is 4.10. The summed E-state index contributed by atoms with van der Waals surface area (Å²) in [6, 6.07) is 17.6. The van der Waals surface area contributed by atoms with Gasteiger partial charge >= 0.3 is 0 Å². The number of carbonyl (C=O) groups is 2. The van der Waals surface area contributed by atoms with Gasteiger partial charge in [-0.15, -0.1) is 0 Å². The first-order valence-electron chi connectivity index (χ1n) is 10.2. The molecule has 0 aliphatic carbocycles. The number of hydrogen-bond acceptors (Lipinski definition) is 4. The fourth-order valence-corrected chi connectivity index (χ4v) is 4.10. The summed E-state index contributed by atoms with van der Waals surface area (Å²) >= 11 is 0. The molecule has 0 spiro atoms. The van der Waals surface area contributed by atoms with E-state index in [1.807, 2.05) is 49.4 Å². The molecular weight excluding hydrogens is 362 g/mol. The first-order chi connectivity index (χ1) is 14.1. The van der Waals surface area contributed by atoms with Crippen LogP contribution in [0.2, 0.25) is 0 Å². The number of aryl methyl sites for hydroxylation is 1. The number of amides is 2. The Labute approximate surface area is 172 Å². The number of anilines is 1. The lowest BCUT2D eigenvalue weighted by molar-refractivity contribution is -0.123. The van der Waals surface area contributed by atoms with Crippen LogP contribution in [-0.2, 0) is 9.59 Å². The van der Waals surface area contributed by atoms with E-state index in [-0.39, 0.29) is 24.3 Å². The number of piperazine rings is 1. The van der Waals surface area contributed by atoms with Gasteiger partial charge in [-0.1, -0.05) is 54.6 Å². The van der Waals surface area contributed by atoms with Crippen molar-refractivity contribution in [3.8, 4) is 0 Å². The summed E-state index contributed by atoms with van der Waals surface area (Å²) in [6.45, 7) is 6.30. The zero-order chi connectivity index (χ0) is 20.2. The van der Waals surface area contributed by atoms with Gasteiger partial charge in [-0.05, 0) is 30.2 Å². The summed E-state index contributed by atoms with van der Waals surface area (Å²) in [7, 11) is 0. The van der Waals surface area contributed by atoms with Gasteiger partial charge in [-0.25, -0.2) is 4.90 Å². The molecule has 0 aromatic heterocycles.